The minimum atomic E-state index is -0.377. The third-order valence-corrected chi connectivity index (χ3v) is 4.73. The van der Waals surface area contributed by atoms with Gasteiger partial charge in [0.2, 0.25) is 12.3 Å². The molecule has 0 bridgehead atoms. The number of benzene rings is 1. The number of hydrogen-bond donors (Lipinski definition) is 2. The molecule has 1 atom stereocenters. The second kappa shape index (κ2) is 8.01. The molecule has 0 saturated carbocycles. The summed E-state index contributed by atoms with van der Waals surface area (Å²) in [4.78, 5) is 15.8. The summed E-state index contributed by atoms with van der Waals surface area (Å²) in [6.07, 6.45) is 2.41. The average Bonchev–Trinajstić information content (AvgIpc) is 2.71. The molecule has 0 fully saturated rings. The van der Waals surface area contributed by atoms with E-state index >= 15 is 0 Å². The van der Waals surface area contributed by atoms with Gasteiger partial charge in [-0.2, -0.15) is 5.26 Å². The molecule has 2 N–H and O–H groups in total. The number of anilines is 1. The van der Waals surface area contributed by atoms with Crippen molar-refractivity contribution in [2.75, 3.05) is 19.0 Å². The van der Waals surface area contributed by atoms with Crippen LogP contribution in [-0.4, -0.2) is 25.1 Å². The molecular weight excluding hydrogens is 356 g/mol. The van der Waals surface area contributed by atoms with Gasteiger partial charge in [-0.05, 0) is 38.5 Å². The zero-order chi connectivity index (χ0) is 20.3. The van der Waals surface area contributed by atoms with Crippen molar-refractivity contribution < 1.29 is 14.3 Å². The number of nitrogens with zero attached hydrogens (tertiary/aromatic N) is 2. The molecule has 144 valence electrons. The molecule has 1 unspecified atom stereocenters. The molecule has 1 aliphatic heterocycles. The molecule has 2 heterocycles. The van der Waals surface area contributed by atoms with Crippen LogP contribution in [0.25, 0.3) is 0 Å². The molecule has 1 aromatic heterocycles. The Hall–Kier alpha value is -3.53. The number of ether oxygens (including phenoxy) is 2. The number of nitrogens with one attached hydrogen (secondary N) is 2. The first-order chi connectivity index (χ1) is 13.5. The van der Waals surface area contributed by atoms with E-state index in [9.17, 15) is 10.1 Å². The molecule has 7 heteroatoms. The molecule has 0 aliphatic carbocycles. The number of nitriles is 1. The fraction of sp³-hybridized carbons (Fsp3) is 0.286. The quantitative estimate of drug-likeness (QED) is 0.750. The van der Waals surface area contributed by atoms with E-state index in [1.54, 1.807) is 25.4 Å². The Morgan fingerprint density at radius 1 is 1.39 bits per heavy atom. The van der Waals surface area contributed by atoms with E-state index in [1.807, 2.05) is 26.8 Å². The molecule has 7 nitrogen and oxygen atoms in total. The summed E-state index contributed by atoms with van der Waals surface area (Å²) in [7, 11) is 1.56. The number of amides is 1. The second-order valence-electron chi connectivity index (χ2n) is 6.40. The van der Waals surface area contributed by atoms with Crippen molar-refractivity contribution in [2.45, 2.75) is 26.7 Å². The van der Waals surface area contributed by atoms with Crippen LogP contribution < -0.4 is 20.1 Å². The van der Waals surface area contributed by atoms with Crippen LogP contribution in [0.5, 0.6) is 11.6 Å². The van der Waals surface area contributed by atoms with Crippen molar-refractivity contribution in [2.24, 2.45) is 0 Å². The number of allylic oxidation sites excluding steroid dienone is 2. The van der Waals surface area contributed by atoms with Crippen LogP contribution in [-0.2, 0) is 4.79 Å². The maximum atomic E-state index is 11.3. The lowest BCUT2D eigenvalue weighted by atomic mass is 9.83. The molecule has 1 amide bonds. The Kier molecular flexibility index (Phi) is 5.50. The van der Waals surface area contributed by atoms with Gasteiger partial charge in [-0.25, -0.2) is 4.98 Å². The zero-order valence-corrected chi connectivity index (χ0v) is 16.3. The van der Waals surface area contributed by atoms with E-state index in [0.717, 1.165) is 28.1 Å². The van der Waals surface area contributed by atoms with Crippen LogP contribution >= 0.6 is 0 Å². The summed E-state index contributed by atoms with van der Waals surface area (Å²) in [5.74, 6) is 0.668. The van der Waals surface area contributed by atoms with Crippen molar-refractivity contribution in [1.29, 1.82) is 5.26 Å². The molecule has 28 heavy (non-hydrogen) atoms. The summed E-state index contributed by atoms with van der Waals surface area (Å²) < 4.78 is 11.4. The van der Waals surface area contributed by atoms with Crippen LogP contribution in [0.1, 0.15) is 42.0 Å². The Bertz CT molecular complexity index is 992. The number of hydrogen-bond acceptors (Lipinski definition) is 6. The second-order valence-corrected chi connectivity index (χ2v) is 6.40. The number of pyridine rings is 1. The van der Waals surface area contributed by atoms with Gasteiger partial charge in [0.1, 0.15) is 5.75 Å². The lowest BCUT2D eigenvalue weighted by Gasteiger charge is -2.33. The fourth-order valence-corrected chi connectivity index (χ4v) is 3.50. The van der Waals surface area contributed by atoms with Crippen LogP contribution in [0.2, 0.25) is 0 Å². The van der Waals surface area contributed by atoms with Gasteiger partial charge in [0.05, 0.1) is 42.5 Å². The van der Waals surface area contributed by atoms with Gasteiger partial charge in [-0.1, -0.05) is 6.07 Å². The standard InChI is InChI=1S/C21H22N4O3/c1-5-28-21-18-17(15-7-6-14(9-22)8-16(15)27-4)20(24-11-26)13(3)25-19(18)12(2)10-23-21/h6-8,10-11,17,25H,5H2,1-4H3,(H,24,26). The molecule has 1 aliphatic rings. The Labute approximate surface area is 164 Å². The summed E-state index contributed by atoms with van der Waals surface area (Å²) in [5.41, 5.74) is 5.46. The van der Waals surface area contributed by atoms with Crippen LogP contribution in [0.15, 0.2) is 35.8 Å². The zero-order valence-electron chi connectivity index (χ0n) is 16.3. The third-order valence-electron chi connectivity index (χ3n) is 4.73. The van der Waals surface area contributed by atoms with Gasteiger partial charge >= 0.3 is 0 Å². The maximum Gasteiger partial charge on any atom is 0.219 e. The minimum absolute atomic E-state index is 0.377. The summed E-state index contributed by atoms with van der Waals surface area (Å²) in [6.45, 7) is 6.22. The van der Waals surface area contributed by atoms with Gasteiger partial charge in [0, 0.05) is 23.2 Å². The van der Waals surface area contributed by atoms with E-state index in [1.165, 1.54) is 0 Å². The molecule has 1 aromatic carbocycles. The number of aryl methyl sites for hydroxylation is 1. The topological polar surface area (TPSA) is 96.3 Å². The maximum absolute atomic E-state index is 11.3. The number of carbonyl (C=O) groups is 1. The predicted molar refractivity (Wildman–Crippen MR) is 105 cm³/mol. The highest BCUT2D eigenvalue weighted by molar-refractivity contribution is 5.73. The van der Waals surface area contributed by atoms with Gasteiger partial charge in [-0.15, -0.1) is 0 Å². The van der Waals surface area contributed by atoms with Crippen molar-refractivity contribution >= 4 is 12.1 Å². The van der Waals surface area contributed by atoms with Crippen molar-refractivity contribution in [3.8, 4) is 17.7 Å². The Morgan fingerprint density at radius 3 is 2.82 bits per heavy atom. The van der Waals surface area contributed by atoms with Gasteiger partial charge in [0.15, 0.2) is 0 Å². The third kappa shape index (κ3) is 3.25. The lowest BCUT2D eigenvalue weighted by molar-refractivity contribution is -0.109. The van der Waals surface area contributed by atoms with Crippen LogP contribution in [0.4, 0.5) is 5.69 Å². The van der Waals surface area contributed by atoms with Crippen LogP contribution in [0, 0.1) is 18.3 Å². The van der Waals surface area contributed by atoms with Gasteiger partial charge in [0.25, 0.3) is 0 Å². The number of fused-ring (bicyclic) bond motifs is 1. The van der Waals surface area contributed by atoms with E-state index in [0.29, 0.717) is 35.9 Å². The van der Waals surface area contributed by atoms with Gasteiger partial charge < -0.3 is 20.1 Å². The summed E-state index contributed by atoms with van der Waals surface area (Å²) in [6, 6.07) is 7.39. The van der Waals surface area contributed by atoms with Crippen molar-refractivity contribution in [3.05, 3.63) is 58.0 Å². The Balaban J connectivity index is 2.33. The predicted octanol–water partition coefficient (Wildman–Crippen LogP) is 3.20. The highest BCUT2D eigenvalue weighted by atomic mass is 16.5. The number of carbonyl (C=O) groups excluding carboxylic acids is 1. The molecule has 2 aromatic rings. The highest BCUT2D eigenvalue weighted by Crippen LogP contribution is 2.47. The van der Waals surface area contributed by atoms with Gasteiger partial charge in [-0.3, -0.25) is 4.79 Å². The molecule has 0 saturated heterocycles. The van der Waals surface area contributed by atoms with E-state index in [-0.39, 0.29) is 5.92 Å². The molecule has 0 spiro atoms. The largest absolute Gasteiger partial charge is 0.496 e. The number of rotatable bonds is 6. The molecule has 3 rings (SSSR count). The molecule has 0 radical (unpaired) electrons. The SMILES string of the molecule is CCOc1ncc(C)c2c1C(c1ccc(C#N)cc1OC)C(NC=O)=C(C)N2. The smallest absolute Gasteiger partial charge is 0.219 e. The highest BCUT2D eigenvalue weighted by Gasteiger charge is 2.34. The normalized spacial score (nSPS) is 15.2. The number of methoxy groups -OCH3 is 1. The Morgan fingerprint density at radius 2 is 2.18 bits per heavy atom. The van der Waals surface area contributed by atoms with E-state index in [4.69, 9.17) is 9.47 Å². The molecular formula is C21H22N4O3. The summed E-state index contributed by atoms with van der Waals surface area (Å²) >= 11 is 0. The first-order valence-electron chi connectivity index (χ1n) is 8.93. The van der Waals surface area contributed by atoms with Crippen molar-refractivity contribution in [1.82, 2.24) is 10.3 Å². The number of aromatic nitrogens is 1. The van der Waals surface area contributed by atoms with Crippen molar-refractivity contribution in [3.63, 3.8) is 0 Å². The summed E-state index contributed by atoms with van der Waals surface area (Å²) in [5, 5.41) is 15.4. The monoisotopic (exact) mass is 378 g/mol. The first-order valence-corrected chi connectivity index (χ1v) is 8.93. The lowest BCUT2D eigenvalue weighted by Crippen LogP contribution is -2.28. The first kappa shape index (κ1) is 19.2. The van der Waals surface area contributed by atoms with E-state index in [2.05, 4.69) is 21.7 Å². The van der Waals surface area contributed by atoms with Crippen LogP contribution in [0.3, 0.4) is 0 Å². The average molecular weight is 378 g/mol. The van der Waals surface area contributed by atoms with E-state index < -0.39 is 0 Å². The fourth-order valence-electron chi connectivity index (χ4n) is 3.50. The minimum Gasteiger partial charge on any atom is -0.496 e.